The van der Waals surface area contributed by atoms with Gasteiger partial charge in [0.1, 0.15) is 0 Å². The van der Waals surface area contributed by atoms with Crippen molar-refractivity contribution in [2.24, 2.45) is 11.3 Å². The standard InChI is InChI=1S/C18H25N3O2/c1-2-8-20-16(22)13-4-3-5-14(11-13)21-17(23)15-12-18(15)6-9-19-10-7-18/h3-5,11,15,19H,2,6-10,12H2,1H3,(H,20,22)(H,21,23). The second kappa shape index (κ2) is 6.71. The van der Waals surface area contributed by atoms with Gasteiger partial charge in [-0.05, 0) is 62.4 Å². The predicted octanol–water partition coefficient (Wildman–Crippen LogP) is 2.15. The molecule has 1 aliphatic heterocycles. The fourth-order valence-electron chi connectivity index (χ4n) is 3.50. The molecule has 1 aromatic rings. The normalized spacial score (nSPS) is 21.7. The molecule has 2 aliphatic rings. The largest absolute Gasteiger partial charge is 0.352 e. The zero-order chi connectivity index (χ0) is 16.3. The van der Waals surface area contributed by atoms with Gasteiger partial charge in [0.25, 0.3) is 5.91 Å². The highest BCUT2D eigenvalue weighted by Crippen LogP contribution is 2.58. The van der Waals surface area contributed by atoms with Crippen LogP contribution in [0.3, 0.4) is 0 Å². The monoisotopic (exact) mass is 315 g/mol. The van der Waals surface area contributed by atoms with Gasteiger partial charge in [0, 0.05) is 23.7 Å². The van der Waals surface area contributed by atoms with Gasteiger partial charge < -0.3 is 16.0 Å². The molecule has 1 aliphatic carbocycles. The summed E-state index contributed by atoms with van der Waals surface area (Å²) in [6, 6.07) is 7.17. The van der Waals surface area contributed by atoms with E-state index in [1.807, 2.05) is 19.1 Å². The van der Waals surface area contributed by atoms with Gasteiger partial charge in [0.05, 0.1) is 0 Å². The van der Waals surface area contributed by atoms with Crippen LogP contribution in [0, 0.1) is 11.3 Å². The molecule has 5 nitrogen and oxygen atoms in total. The Labute approximate surface area is 137 Å². The summed E-state index contributed by atoms with van der Waals surface area (Å²) in [5, 5.41) is 9.19. The van der Waals surface area contributed by atoms with E-state index in [-0.39, 0.29) is 23.1 Å². The van der Waals surface area contributed by atoms with Crippen LogP contribution in [0.1, 0.15) is 43.0 Å². The van der Waals surface area contributed by atoms with Gasteiger partial charge in [-0.25, -0.2) is 0 Å². The highest BCUT2D eigenvalue weighted by atomic mass is 16.2. The first-order valence-corrected chi connectivity index (χ1v) is 8.54. The fourth-order valence-corrected chi connectivity index (χ4v) is 3.50. The third-order valence-corrected chi connectivity index (χ3v) is 5.03. The van der Waals surface area contributed by atoms with Crippen molar-refractivity contribution in [2.45, 2.75) is 32.6 Å². The van der Waals surface area contributed by atoms with Gasteiger partial charge in [0.2, 0.25) is 5.91 Å². The molecular weight excluding hydrogens is 290 g/mol. The molecule has 3 N–H and O–H groups in total. The lowest BCUT2D eigenvalue weighted by Crippen LogP contribution is -2.31. The lowest BCUT2D eigenvalue weighted by molar-refractivity contribution is -0.118. The number of piperidine rings is 1. The molecule has 1 spiro atoms. The number of benzene rings is 1. The Kier molecular flexibility index (Phi) is 4.66. The molecule has 0 bridgehead atoms. The summed E-state index contributed by atoms with van der Waals surface area (Å²) in [6.07, 6.45) is 4.08. The van der Waals surface area contributed by atoms with Crippen LogP contribution >= 0.6 is 0 Å². The molecule has 0 aromatic heterocycles. The predicted molar refractivity (Wildman–Crippen MR) is 90.3 cm³/mol. The second-order valence-electron chi connectivity index (χ2n) is 6.70. The number of hydrogen-bond acceptors (Lipinski definition) is 3. The van der Waals surface area contributed by atoms with E-state index in [4.69, 9.17) is 0 Å². The number of carbonyl (C=O) groups excluding carboxylic acids is 2. The minimum absolute atomic E-state index is 0.0933. The molecule has 1 aromatic carbocycles. The maximum atomic E-state index is 12.5. The number of carbonyl (C=O) groups is 2. The number of amides is 2. The summed E-state index contributed by atoms with van der Waals surface area (Å²) in [4.78, 5) is 24.5. The molecule has 2 fully saturated rings. The number of anilines is 1. The summed E-state index contributed by atoms with van der Waals surface area (Å²) < 4.78 is 0. The Balaban J connectivity index is 1.60. The van der Waals surface area contributed by atoms with E-state index < -0.39 is 0 Å². The number of nitrogens with one attached hydrogen (secondary N) is 3. The first kappa shape index (κ1) is 16.0. The van der Waals surface area contributed by atoms with Crippen LogP contribution in [-0.2, 0) is 4.79 Å². The molecule has 5 heteroatoms. The summed E-state index contributed by atoms with van der Waals surface area (Å²) in [7, 11) is 0. The van der Waals surface area contributed by atoms with Gasteiger partial charge in [-0.1, -0.05) is 13.0 Å². The van der Waals surface area contributed by atoms with Gasteiger partial charge in [-0.15, -0.1) is 0 Å². The van der Waals surface area contributed by atoms with Crippen LogP contribution in [0.5, 0.6) is 0 Å². The Bertz CT molecular complexity index is 594. The van der Waals surface area contributed by atoms with Crippen molar-refractivity contribution >= 4 is 17.5 Å². The molecular formula is C18H25N3O2. The van der Waals surface area contributed by atoms with E-state index in [1.165, 1.54) is 0 Å². The smallest absolute Gasteiger partial charge is 0.251 e. The third kappa shape index (κ3) is 3.55. The van der Waals surface area contributed by atoms with E-state index in [9.17, 15) is 9.59 Å². The number of rotatable bonds is 5. The van der Waals surface area contributed by atoms with Crippen molar-refractivity contribution in [3.05, 3.63) is 29.8 Å². The van der Waals surface area contributed by atoms with Crippen molar-refractivity contribution < 1.29 is 9.59 Å². The molecule has 0 radical (unpaired) electrons. The Hall–Kier alpha value is -1.88. The van der Waals surface area contributed by atoms with Crippen LogP contribution < -0.4 is 16.0 Å². The lowest BCUT2D eigenvalue weighted by atomic mass is 9.92. The Morgan fingerprint density at radius 2 is 2.09 bits per heavy atom. The van der Waals surface area contributed by atoms with Gasteiger partial charge in [-0.3, -0.25) is 9.59 Å². The molecule has 2 amide bonds. The van der Waals surface area contributed by atoms with Crippen molar-refractivity contribution in [3.63, 3.8) is 0 Å². The summed E-state index contributed by atoms with van der Waals surface area (Å²) >= 11 is 0. The van der Waals surface area contributed by atoms with E-state index >= 15 is 0 Å². The first-order valence-electron chi connectivity index (χ1n) is 8.54. The van der Waals surface area contributed by atoms with E-state index in [0.717, 1.165) is 38.8 Å². The molecule has 1 heterocycles. The molecule has 1 atom stereocenters. The summed E-state index contributed by atoms with van der Waals surface area (Å²) in [5.41, 5.74) is 1.52. The average molecular weight is 315 g/mol. The molecule has 1 saturated heterocycles. The maximum Gasteiger partial charge on any atom is 0.251 e. The zero-order valence-electron chi connectivity index (χ0n) is 13.7. The van der Waals surface area contributed by atoms with E-state index in [1.54, 1.807) is 12.1 Å². The zero-order valence-corrected chi connectivity index (χ0v) is 13.7. The molecule has 23 heavy (non-hydrogen) atoms. The van der Waals surface area contributed by atoms with Crippen molar-refractivity contribution in [1.29, 1.82) is 0 Å². The van der Waals surface area contributed by atoms with Gasteiger partial charge in [-0.2, -0.15) is 0 Å². The minimum atomic E-state index is -0.0933. The average Bonchev–Trinajstić information content (AvgIpc) is 3.26. The van der Waals surface area contributed by atoms with Crippen LogP contribution in [0.4, 0.5) is 5.69 Å². The second-order valence-corrected chi connectivity index (χ2v) is 6.70. The van der Waals surface area contributed by atoms with Crippen molar-refractivity contribution in [2.75, 3.05) is 25.0 Å². The van der Waals surface area contributed by atoms with Crippen molar-refractivity contribution in [1.82, 2.24) is 10.6 Å². The number of hydrogen-bond donors (Lipinski definition) is 3. The Morgan fingerprint density at radius 3 is 2.83 bits per heavy atom. The SMILES string of the molecule is CCCNC(=O)c1cccc(NC(=O)C2CC23CCNCC3)c1. The van der Waals surface area contributed by atoms with Gasteiger partial charge >= 0.3 is 0 Å². The van der Waals surface area contributed by atoms with E-state index in [0.29, 0.717) is 17.8 Å². The lowest BCUT2D eigenvalue weighted by Gasteiger charge is -2.23. The summed E-state index contributed by atoms with van der Waals surface area (Å²) in [5.74, 6) is 0.129. The van der Waals surface area contributed by atoms with Crippen LogP contribution in [0.25, 0.3) is 0 Å². The summed E-state index contributed by atoms with van der Waals surface area (Å²) in [6.45, 7) is 4.70. The fraction of sp³-hybridized carbons (Fsp3) is 0.556. The van der Waals surface area contributed by atoms with Crippen LogP contribution in [0.2, 0.25) is 0 Å². The third-order valence-electron chi connectivity index (χ3n) is 5.03. The topological polar surface area (TPSA) is 70.2 Å². The molecule has 124 valence electrons. The maximum absolute atomic E-state index is 12.5. The van der Waals surface area contributed by atoms with Crippen molar-refractivity contribution in [3.8, 4) is 0 Å². The quantitative estimate of drug-likeness (QED) is 0.780. The first-order chi connectivity index (χ1) is 11.1. The highest BCUT2D eigenvalue weighted by molar-refractivity contribution is 5.98. The van der Waals surface area contributed by atoms with Crippen LogP contribution in [0.15, 0.2) is 24.3 Å². The van der Waals surface area contributed by atoms with Gasteiger partial charge in [0.15, 0.2) is 0 Å². The molecule has 3 rings (SSSR count). The van der Waals surface area contributed by atoms with Crippen LogP contribution in [-0.4, -0.2) is 31.4 Å². The minimum Gasteiger partial charge on any atom is -0.352 e. The Morgan fingerprint density at radius 1 is 1.30 bits per heavy atom. The molecule has 1 saturated carbocycles. The van der Waals surface area contributed by atoms with E-state index in [2.05, 4.69) is 16.0 Å². The highest BCUT2D eigenvalue weighted by Gasteiger charge is 2.57. The molecule has 1 unspecified atom stereocenters.